The zero-order valence-corrected chi connectivity index (χ0v) is 14.0. The van der Waals surface area contributed by atoms with E-state index in [0.29, 0.717) is 22.9 Å². The van der Waals surface area contributed by atoms with Crippen LogP contribution in [0.3, 0.4) is 0 Å². The van der Waals surface area contributed by atoms with E-state index in [-0.39, 0.29) is 12.1 Å². The highest BCUT2D eigenvalue weighted by molar-refractivity contribution is 5.79. The Hall–Kier alpha value is -2.41. The number of hydrogen-bond donors (Lipinski definition) is 1. The second kappa shape index (κ2) is 6.60. The van der Waals surface area contributed by atoms with Gasteiger partial charge in [0, 0.05) is 32.2 Å². The van der Waals surface area contributed by atoms with Gasteiger partial charge in [-0.25, -0.2) is 4.98 Å². The molecule has 1 aromatic carbocycles. The largest absolute Gasteiger partial charge is 0.480 e. The third-order valence-electron chi connectivity index (χ3n) is 4.46. The van der Waals surface area contributed by atoms with E-state index in [4.69, 9.17) is 0 Å². The van der Waals surface area contributed by atoms with Gasteiger partial charge in [0.15, 0.2) is 0 Å². The molecule has 2 aromatic rings. The SMILES string of the molecule is CC(C)N1CCN(c2nc3ccccc3c(=O)n2CC(=O)O)CC1. The third-order valence-corrected chi connectivity index (χ3v) is 4.46. The molecule has 0 bridgehead atoms. The lowest BCUT2D eigenvalue weighted by molar-refractivity contribution is -0.137. The van der Waals surface area contributed by atoms with Crippen LogP contribution >= 0.6 is 0 Å². The van der Waals surface area contributed by atoms with Gasteiger partial charge in [0.25, 0.3) is 5.56 Å². The van der Waals surface area contributed by atoms with Crippen LogP contribution in [-0.2, 0) is 11.3 Å². The van der Waals surface area contributed by atoms with Crippen molar-refractivity contribution in [1.82, 2.24) is 14.5 Å². The topological polar surface area (TPSA) is 78.7 Å². The number of benzene rings is 1. The van der Waals surface area contributed by atoms with Gasteiger partial charge in [0.05, 0.1) is 10.9 Å². The molecule has 1 fully saturated rings. The van der Waals surface area contributed by atoms with Crippen LogP contribution in [0.2, 0.25) is 0 Å². The molecule has 0 unspecified atom stereocenters. The van der Waals surface area contributed by atoms with E-state index in [1.807, 2.05) is 11.0 Å². The first-order chi connectivity index (χ1) is 11.5. The van der Waals surface area contributed by atoms with E-state index >= 15 is 0 Å². The van der Waals surface area contributed by atoms with E-state index < -0.39 is 5.97 Å². The lowest BCUT2D eigenvalue weighted by Gasteiger charge is -2.38. The molecular weight excluding hydrogens is 308 g/mol. The first kappa shape index (κ1) is 16.4. The molecule has 128 valence electrons. The highest BCUT2D eigenvalue weighted by Crippen LogP contribution is 2.17. The normalized spacial score (nSPS) is 16.0. The number of aromatic nitrogens is 2. The summed E-state index contributed by atoms with van der Waals surface area (Å²) in [7, 11) is 0. The van der Waals surface area contributed by atoms with Crippen LogP contribution in [0.15, 0.2) is 29.1 Å². The second-order valence-electron chi connectivity index (χ2n) is 6.33. The smallest absolute Gasteiger partial charge is 0.323 e. The molecule has 0 aliphatic carbocycles. The van der Waals surface area contributed by atoms with Crippen LogP contribution in [0.1, 0.15) is 13.8 Å². The molecule has 7 nitrogen and oxygen atoms in total. The van der Waals surface area contributed by atoms with Gasteiger partial charge in [0.2, 0.25) is 5.95 Å². The summed E-state index contributed by atoms with van der Waals surface area (Å²) in [6, 6.07) is 7.53. The van der Waals surface area contributed by atoms with Gasteiger partial charge < -0.3 is 10.0 Å². The van der Waals surface area contributed by atoms with Gasteiger partial charge in [-0.15, -0.1) is 0 Å². The van der Waals surface area contributed by atoms with Crippen molar-refractivity contribution in [3.8, 4) is 0 Å². The Bertz CT molecular complexity index is 807. The van der Waals surface area contributed by atoms with Gasteiger partial charge in [-0.3, -0.25) is 19.1 Å². The second-order valence-corrected chi connectivity index (χ2v) is 6.33. The minimum atomic E-state index is -1.05. The van der Waals surface area contributed by atoms with Crippen LogP contribution in [-0.4, -0.2) is 57.7 Å². The Morgan fingerprint density at radius 3 is 2.50 bits per heavy atom. The molecule has 1 aromatic heterocycles. The quantitative estimate of drug-likeness (QED) is 0.901. The Labute approximate surface area is 140 Å². The summed E-state index contributed by atoms with van der Waals surface area (Å²) in [5, 5.41) is 9.63. The highest BCUT2D eigenvalue weighted by Gasteiger charge is 2.24. The Balaban J connectivity index is 2.03. The predicted octanol–water partition coefficient (Wildman–Crippen LogP) is 1.01. The summed E-state index contributed by atoms with van der Waals surface area (Å²) in [5.74, 6) is -0.597. The number of carbonyl (C=O) groups is 1. The molecule has 0 spiro atoms. The van der Waals surface area contributed by atoms with Crippen molar-refractivity contribution >= 4 is 22.8 Å². The number of carboxylic acids is 1. The lowest BCUT2D eigenvalue weighted by Crippen LogP contribution is -2.50. The molecule has 0 radical (unpaired) electrons. The maximum Gasteiger partial charge on any atom is 0.323 e. The van der Waals surface area contributed by atoms with Crippen molar-refractivity contribution in [1.29, 1.82) is 0 Å². The number of hydrogen-bond acceptors (Lipinski definition) is 5. The number of para-hydroxylation sites is 1. The summed E-state index contributed by atoms with van der Waals surface area (Å²) in [6.07, 6.45) is 0. The molecule has 1 aliphatic heterocycles. The number of aliphatic carboxylic acids is 1. The van der Waals surface area contributed by atoms with Crippen LogP contribution in [0.4, 0.5) is 5.95 Å². The van der Waals surface area contributed by atoms with Crippen molar-refractivity contribution < 1.29 is 9.90 Å². The number of nitrogens with zero attached hydrogens (tertiary/aromatic N) is 4. The van der Waals surface area contributed by atoms with Crippen molar-refractivity contribution in [3.05, 3.63) is 34.6 Å². The number of anilines is 1. The number of carboxylic acid groups (broad SMARTS) is 1. The number of rotatable bonds is 4. The van der Waals surface area contributed by atoms with Crippen molar-refractivity contribution in [2.75, 3.05) is 31.1 Å². The van der Waals surface area contributed by atoms with E-state index in [2.05, 4.69) is 23.7 Å². The van der Waals surface area contributed by atoms with Gasteiger partial charge >= 0.3 is 5.97 Å². The Morgan fingerprint density at radius 2 is 1.88 bits per heavy atom. The van der Waals surface area contributed by atoms with E-state index in [9.17, 15) is 14.7 Å². The minimum Gasteiger partial charge on any atom is -0.480 e. The molecule has 1 N–H and O–H groups in total. The average molecular weight is 330 g/mol. The molecule has 1 saturated heterocycles. The number of piperazine rings is 1. The Kier molecular flexibility index (Phi) is 4.53. The molecule has 0 atom stereocenters. The fraction of sp³-hybridized carbons (Fsp3) is 0.471. The zero-order chi connectivity index (χ0) is 17.3. The molecular formula is C17H22N4O3. The molecule has 24 heavy (non-hydrogen) atoms. The third kappa shape index (κ3) is 3.12. The summed E-state index contributed by atoms with van der Waals surface area (Å²) >= 11 is 0. The highest BCUT2D eigenvalue weighted by atomic mass is 16.4. The summed E-state index contributed by atoms with van der Waals surface area (Å²) in [6.45, 7) is 7.12. The van der Waals surface area contributed by atoms with Crippen molar-refractivity contribution in [3.63, 3.8) is 0 Å². The van der Waals surface area contributed by atoms with Gasteiger partial charge in [-0.1, -0.05) is 12.1 Å². The predicted molar refractivity (Wildman–Crippen MR) is 92.6 cm³/mol. The summed E-state index contributed by atoms with van der Waals surface area (Å²) < 4.78 is 1.27. The van der Waals surface area contributed by atoms with Crippen LogP contribution < -0.4 is 10.5 Å². The zero-order valence-electron chi connectivity index (χ0n) is 14.0. The fourth-order valence-corrected chi connectivity index (χ4v) is 3.11. The van der Waals surface area contributed by atoms with Gasteiger partial charge in [0.1, 0.15) is 6.54 Å². The molecule has 3 rings (SSSR count). The summed E-state index contributed by atoms with van der Waals surface area (Å²) in [4.78, 5) is 32.9. The molecule has 2 heterocycles. The van der Waals surface area contributed by atoms with Crippen LogP contribution in [0.25, 0.3) is 10.9 Å². The van der Waals surface area contributed by atoms with Crippen molar-refractivity contribution in [2.45, 2.75) is 26.4 Å². The van der Waals surface area contributed by atoms with E-state index in [1.165, 1.54) is 4.57 Å². The molecule has 0 saturated carbocycles. The van der Waals surface area contributed by atoms with Crippen LogP contribution in [0.5, 0.6) is 0 Å². The molecule has 0 amide bonds. The lowest BCUT2D eigenvalue weighted by atomic mass is 10.2. The first-order valence-electron chi connectivity index (χ1n) is 8.17. The van der Waals surface area contributed by atoms with E-state index in [0.717, 1.165) is 26.2 Å². The first-order valence-corrected chi connectivity index (χ1v) is 8.17. The van der Waals surface area contributed by atoms with Gasteiger partial charge in [-0.2, -0.15) is 0 Å². The Morgan fingerprint density at radius 1 is 1.21 bits per heavy atom. The monoisotopic (exact) mass is 330 g/mol. The summed E-state index contributed by atoms with van der Waals surface area (Å²) in [5.41, 5.74) is 0.301. The number of fused-ring (bicyclic) bond motifs is 1. The standard InChI is InChI=1S/C17H22N4O3/c1-12(2)19-7-9-20(10-8-19)17-18-14-6-4-3-5-13(14)16(24)21(17)11-15(22)23/h3-6,12H,7-11H2,1-2H3,(H,22,23). The molecule has 7 heteroatoms. The maximum absolute atomic E-state index is 12.7. The average Bonchev–Trinajstić information content (AvgIpc) is 2.57. The van der Waals surface area contributed by atoms with Crippen LogP contribution in [0, 0.1) is 0 Å². The fourth-order valence-electron chi connectivity index (χ4n) is 3.11. The van der Waals surface area contributed by atoms with Crippen molar-refractivity contribution in [2.24, 2.45) is 0 Å². The minimum absolute atomic E-state index is 0.302. The van der Waals surface area contributed by atoms with E-state index in [1.54, 1.807) is 18.2 Å². The molecule has 1 aliphatic rings. The van der Waals surface area contributed by atoms with Gasteiger partial charge in [-0.05, 0) is 26.0 Å². The maximum atomic E-state index is 12.7.